The molecular formula is C18H28N2O. The molecule has 1 saturated carbocycles. The summed E-state index contributed by atoms with van der Waals surface area (Å²) in [5.41, 5.74) is 1.30. The van der Waals surface area contributed by atoms with Crippen molar-refractivity contribution in [2.45, 2.75) is 57.7 Å². The summed E-state index contributed by atoms with van der Waals surface area (Å²) >= 11 is 0. The Morgan fingerprint density at radius 2 is 1.86 bits per heavy atom. The molecule has 0 amide bonds. The van der Waals surface area contributed by atoms with Crippen LogP contribution in [0.1, 0.15) is 44.6 Å². The number of rotatable bonds is 3. The van der Waals surface area contributed by atoms with Crippen molar-refractivity contribution < 1.29 is 5.11 Å². The molecule has 0 aromatic heterocycles. The summed E-state index contributed by atoms with van der Waals surface area (Å²) in [6.45, 7) is 5.56. The van der Waals surface area contributed by atoms with Crippen LogP contribution in [0.2, 0.25) is 0 Å². The lowest BCUT2D eigenvalue weighted by Gasteiger charge is -2.43. The minimum absolute atomic E-state index is 0.354. The van der Waals surface area contributed by atoms with Gasteiger partial charge in [0.1, 0.15) is 5.75 Å². The van der Waals surface area contributed by atoms with Gasteiger partial charge in [-0.15, -0.1) is 0 Å². The fraction of sp³-hybridized carbons (Fsp3) is 0.667. The number of piperazine rings is 1. The van der Waals surface area contributed by atoms with Crippen molar-refractivity contribution in [3.63, 3.8) is 0 Å². The highest BCUT2D eigenvalue weighted by Crippen LogP contribution is 2.28. The first-order valence-corrected chi connectivity index (χ1v) is 8.48. The number of benzene rings is 1. The number of nitrogens with zero attached hydrogens (tertiary/aromatic N) is 1. The molecule has 2 unspecified atom stereocenters. The molecule has 3 heteroatoms. The molecule has 1 heterocycles. The Balaban J connectivity index is 1.61. The number of hydrogen-bond acceptors (Lipinski definition) is 3. The number of phenolic OH excluding ortho intramolecular Hbond substituents is 1. The van der Waals surface area contributed by atoms with Gasteiger partial charge in [-0.3, -0.25) is 4.90 Å². The van der Waals surface area contributed by atoms with Crippen LogP contribution < -0.4 is 5.32 Å². The molecule has 0 spiro atoms. The van der Waals surface area contributed by atoms with E-state index in [1.807, 2.05) is 12.1 Å². The van der Waals surface area contributed by atoms with E-state index in [0.717, 1.165) is 25.6 Å². The van der Waals surface area contributed by atoms with E-state index >= 15 is 0 Å². The number of phenols is 1. The first-order valence-electron chi connectivity index (χ1n) is 8.48. The fourth-order valence-corrected chi connectivity index (χ4v) is 3.86. The zero-order chi connectivity index (χ0) is 14.7. The molecule has 2 fully saturated rings. The topological polar surface area (TPSA) is 35.5 Å². The normalized spacial score (nSPS) is 28.6. The van der Waals surface area contributed by atoms with Crippen LogP contribution in [-0.4, -0.2) is 35.2 Å². The van der Waals surface area contributed by atoms with Crippen LogP contribution in [0.4, 0.5) is 0 Å². The Morgan fingerprint density at radius 3 is 2.57 bits per heavy atom. The Bertz CT molecular complexity index is 439. The van der Waals surface area contributed by atoms with Crippen molar-refractivity contribution in [3.8, 4) is 5.75 Å². The highest BCUT2D eigenvalue weighted by Gasteiger charge is 2.30. The van der Waals surface area contributed by atoms with E-state index in [1.165, 1.54) is 37.7 Å². The van der Waals surface area contributed by atoms with E-state index in [2.05, 4.69) is 17.1 Å². The molecule has 1 aliphatic heterocycles. The van der Waals surface area contributed by atoms with Gasteiger partial charge in [0.2, 0.25) is 0 Å². The summed E-state index contributed by atoms with van der Waals surface area (Å²) in [6.07, 6.45) is 7.06. The van der Waals surface area contributed by atoms with Crippen LogP contribution in [0.3, 0.4) is 0 Å². The summed E-state index contributed by atoms with van der Waals surface area (Å²) in [7, 11) is 0. The van der Waals surface area contributed by atoms with Gasteiger partial charge >= 0.3 is 0 Å². The minimum atomic E-state index is 0.354. The van der Waals surface area contributed by atoms with E-state index in [0.29, 0.717) is 17.8 Å². The second-order valence-corrected chi connectivity index (χ2v) is 6.86. The van der Waals surface area contributed by atoms with Crippen molar-refractivity contribution >= 4 is 0 Å². The lowest BCUT2D eigenvalue weighted by atomic mass is 9.82. The minimum Gasteiger partial charge on any atom is -0.508 e. The molecular weight excluding hydrogens is 260 g/mol. The number of hydrogen-bond donors (Lipinski definition) is 2. The second-order valence-electron chi connectivity index (χ2n) is 6.86. The fourth-order valence-electron chi connectivity index (χ4n) is 3.86. The van der Waals surface area contributed by atoms with Crippen molar-refractivity contribution in [2.75, 3.05) is 13.1 Å². The molecule has 0 bridgehead atoms. The van der Waals surface area contributed by atoms with Gasteiger partial charge in [-0.2, -0.15) is 0 Å². The average molecular weight is 288 g/mol. The molecule has 3 nitrogen and oxygen atoms in total. The summed E-state index contributed by atoms with van der Waals surface area (Å²) in [6, 6.07) is 8.92. The molecule has 3 rings (SSSR count). The number of nitrogens with one attached hydrogen (secondary N) is 1. The maximum Gasteiger partial charge on any atom is 0.115 e. The van der Waals surface area contributed by atoms with Crippen LogP contribution in [0.25, 0.3) is 0 Å². The predicted octanol–water partition coefficient (Wildman–Crippen LogP) is 3.13. The second kappa shape index (κ2) is 6.80. The lowest BCUT2D eigenvalue weighted by Crippen LogP contribution is -2.57. The van der Waals surface area contributed by atoms with E-state index in [1.54, 1.807) is 12.1 Å². The van der Waals surface area contributed by atoms with Crippen LogP contribution >= 0.6 is 0 Å². The summed E-state index contributed by atoms with van der Waals surface area (Å²) in [5.74, 6) is 1.22. The molecule has 21 heavy (non-hydrogen) atoms. The van der Waals surface area contributed by atoms with E-state index < -0.39 is 0 Å². The monoisotopic (exact) mass is 288 g/mol. The molecule has 0 radical (unpaired) electrons. The van der Waals surface area contributed by atoms with E-state index in [4.69, 9.17) is 0 Å². The lowest BCUT2D eigenvalue weighted by molar-refractivity contribution is 0.0981. The molecule has 116 valence electrons. The van der Waals surface area contributed by atoms with Gasteiger partial charge < -0.3 is 10.4 Å². The van der Waals surface area contributed by atoms with Crippen LogP contribution in [0.15, 0.2) is 24.3 Å². The maximum atomic E-state index is 9.40. The van der Waals surface area contributed by atoms with Gasteiger partial charge in [0.15, 0.2) is 0 Å². The third-order valence-corrected chi connectivity index (χ3v) is 5.27. The molecule has 2 atom stereocenters. The largest absolute Gasteiger partial charge is 0.508 e. The van der Waals surface area contributed by atoms with Crippen molar-refractivity contribution in [2.24, 2.45) is 5.92 Å². The Kier molecular flexibility index (Phi) is 4.81. The van der Waals surface area contributed by atoms with E-state index in [-0.39, 0.29) is 0 Å². The zero-order valence-corrected chi connectivity index (χ0v) is 13.1. The molecule has 1 saturated heterocycles. The van der Waals surface area contributed by atoms with Gasteiger partial charge in [0.25, 0.3) is 0 Å². The predicted molar refractivity (Wildman–Crippen MR) is 86.3 cm³/mol. The van der Waals surface area contributed by atoms with E-state index in [9.17, 15) is 5.11 Å². The van der Waals surface area contributed by atoms with Crippen molar-refractivity contribution in [1.82, 2.24) is 10.2 Å². The van der Waals surface area contributed by atoms with Gasteiger partial charge in [0.05, 0.1) is 0 Å². The number of aromatic hydroxyl groups is 1. The smallest absolute Gasteiger partial charge is 0.115 e. The highest BCUT2D eigenvalue weighted by atomic mass is 16.3. The molecule has 1 aliphatic carbocycles. The third-order valence-electron chi connectivity index (χ3n) is 5.27. The standard InChI is InChI=1S/C18H28N2O/c1-14-11-19-18(16-5-3-2-4-6-16)13-20(14)12-15-7-9-17(21)10-8-15/h7-10,14,16,18-19,21H,2-6,11-13H2,1H3. The van der Waals surface area contributed by atoms with Crippen molar-refractivity contribution in [1.29, 1.82) is 0 Å². The Labute approximate surface area is 128 Å². The van der Waals surface area contributed by atoms with Gasteiger partial charge in [-0.05, 0) is 43.4 Å². The maximum absolute atomic E-state index is 9.40. The molecule has 1 aromatic carbocycles. The zero-order valence-electron chi connectivity index (χ0n) is 13.1. The molecule has 2 aliphatic rings. The Morgan fingerprint density at radius 1 is 1.14 bits per heavy atom. The molecule has 1 aromatic rings. The third kappa shape index (κ3) is 3.78. The Hall–Kier alpha value is -1.06. The summed E-state index contributed by atoms with van der Waals surface area (Å²) in [5, 5.41) is 13.2. The van der Waals surface area contributed by atoms with Crippen LogP contribution in [0, 0.1) is 5.92 Å². The quantitative estimate of drug-likeness (QED) is 0.897. The van der Waals surface area contributed by atoms with Gasteiger partial charge in [0, 0.05) is 31.7 Å². The van der Waals surface area contributed by atoms with Crippen molar-refractivity contribution in [3.05, 3.63) is 29.8 Å². The first-order chi connectivity index (χ1) is 10.2. The first kappa shape index (κ1) is 14.9. The molecule has 2 N–H and O–H groups in total. The van der Waals surface area contributed by atoms with Crippen LogP contribution in [0.5, 0.6) is 5.75 Å². The summed E-state index contributed by atoms with van der Waals surface area (Å²) in [4.78, 5) is 2.60. The van der Waals surface area contributed by atoms with Gasteiger partial charge in [-0.25, -0.2) is 0 Å². The average Bonchev–Trinajstić information content (AvgIpc) is 2.52. The summed E-state index contributed by atoms with van der Waals surface area (Å²) < 4.78 is 0. The highest BCUT2D eigenvalue weighted by molar-refractivity contribution is 5.25. The van der Waals surface area contributed by atoms with Gasteiger partial charge in [-0.1, -0.05) is 31.4 Å². The van der Waals surface area contributed by atoms with Crippen LogP contribution in [-0.2, 0) is 6.54 Å². The SMILES string of the molecule is CC1CNC(C2CCCCC2)CN1Cc1ccc(O)cc1.